The molecule has 0 aromatic carbocycles. The van der Waals surface area contributed by atoms with Gasteiger partial charge in [0.2, 0.25) is 0 Å². The highest BCUT2D eigenvalue weighted by Crippen LogP contribution is 1.98. The fraction of sp³-hybridized carbons (Fsp3) is 1.00. The smallest absolute Gasteiger partial charge is 0.0701 e. The van der Waals surface area contributed by atoms with Crippen LogP contribution in [0.25, 0.3) is 0 Å². The first-order valence-corrected chi connectivity index (χ1v) is 14.1. The van der Waals surface area contributed by atoms with Gasteiger partial charge >= 0.3 is 0 Å². The normalized spacial score (nSPS) is 11.5. The molecule has 0 heterocycles. The largest absolute Gasteiger partial charge is 0.379 e. The number of hydrogen-bond acceptors (Lipinski definition) is 9. The Balaban J connectivity index is 3.00. The number of ether oxygens (including phenoxy) is 9. The molecule has 0 saturated carbocycles. The molecular formula is C27H56O9. The van der Waals surface area contributed by atoms with E-state index in [-0.39, 0.29) is 0 Å². The average molecular weight is 525 g/mol. The zero-order chi connectivity index (χ0) is 26.0. The van der Waals surface area contributed by atoms with E-state index in [4.69, 9.17) is 42.6 Å². The Hall–Kier alpha value is -0.360. The van der Waals surface area contributed by atoms with Gasteiger partial charge in [-0.2, -0.15) is 0 Å². The van der Waals surface area contributed by atoms with Gasteiger partial charge in [-0.25, -0.2) is 0 Å². The van der Waals surface area contributed by atoms with E-state index in [0.29, 0.717) is 106 Å². The summed E-state index contributed by atoms with van der Waals surface area (Å²) in [5, 5.41) is 0. The molecule has 0 bridgehead atoms. The number of hydrogen-bond donors (Lipinski definition) is 0. The standard InChI is InChI=1S/C27H56O9/c1-3-5-7-9-11-29-13-15-31-17-19-33-21-23-35-25-27-36-26-24-34-22-20-32-18-16-30-14-12-28-10-8-6-4-2/h3-27H2,1-2H3. The van der Waals surface area contributed by atoms with Gasteiger partial charge in [0.05, 0.1) is 106 Å². The van der Waals surface area contributed by atoms with Gasteiger partial charge in [-0.15, -0.1) is 0 Å². The molecule has 9 heteroatoms. The van der Waals surface area contributed by atoms with E-state index in [9.17, 15) is 0 Å². The summed E-state index contributed by atoms with van der Waals surface area (Å²) in [7, 11) is 0. The van der Waals surface area contributed by atoms with Crippen LogP contribution < -0.4 is 0 Å². The summed E-state index contributed by atoms with van der Waals surface area (Å²) in [4.78, 5) is 0. The van der Waals surface area contributed by atoms with Gasteiger partial charge in [0, 0.05) is 13.2 Å². The molecule has 0 fully saturated rings. The molecule has 0 aliphatic carbocycles. The molecule has 218 valence electrons. The first-order chi connectivity index (χ1) is 17.9. The summed E-state index contributed by atoms with van der Waals surface area (Å²) >= 11 is 0. The quantitative estimate of drug-likeness (QED) is 0.119. The Bertz CT molecular complexity index is 341. The van der Waals surface area contributed by atoms with E-state index in [2.05, 4.69) is 13.8 Å². The lowest BCUT2D eigenvalue weighted by atomic mass is 10.2. The molecule has 0 rings (SSSR count). The molecule has 0 aromatic rings. The summed E-state index contributed by atoms with van der Waals surface area (Å²) in [6, 6.07) is 0. The Labute approximate surface area is 220 Å². The summed E-state index contributed by atoms with van der Waals surface area (Å²) in [5.74, 6) is 0. The van der Waals surface area contributed by atoms with Crippen LogP contribution >= 0.6 is 0 Å². The summed E-state index contributed by atoms with van der Waals surface area (Å²) in [5.41, 5.74) is 0. The molecule has 36 heavy (non-hydrogen) atoms. The van der Waals surface area contributed by atoms with Crippen LogP contribution in [-0.2, 0) is 42.6 Å². The first-order valence-electron chi connectivity index (χ1n) is 14.1. The van der Waals surface area contributed by atoms with E-state index >= 15 is 0 Å². The van der Waals surface area contributed by atoms with Crippen molar-refractivity contribution in [2.45, 2.75) is 58.8 Å². The van der Waals surface area contributed by atoms with Crippen LogP contribution in [0.1, 0.15) is 58.8 Å². The van der Waals surface area contributed by atoms with Crippen LogP contribution in [0.3, 0.4) is 0 Å². The van der Waals surface area contributed by atoms with Crippen molar-refractivity contribution in [2.75, 3.05) is 119 Å². The molecule has 0 unspecified atom stereocenters. The monoisotopic (exact) mass is 524 g/mol. The molecule has 0 N–H and O–H groups in total. The Morgan fingerprint density at radius 1 is 0.222 bits per heavy atom. The Morgan fingerprint density at radius 2 is 0.417 bits per heavy atom. The second-order valence-electron chi connectivity index (χ2n) is 8.28. The lowest BCUT2D eigenvalue weighted by Crippen LogP contribution is -2.15. The maximum atomic E-state index is 5.52. The minimum Gasteiger partial charge on any atom is -0.379 e. The van der Waals surface area contributed by atoms with Crippen LogP contribution in [0.5, 0.6) is 0 Å². The van der Waals surface area contributed by atoms with E-state index in [0.717, 1.165) is 26.1 Å². The number of rotatable bonds is 33. The lowest BCUT2D eigenvalue weighted by Gasteiger charge is -2.09. The van der Waals surface area contributed by atoms with Crippen LogP contribution in [0, 0.1) is 0 Å². The summed E-state index contributed by atoms with van der Waals surface area (Å²) < 4.78 is 49.3. The molecular weight excluding hydrogens is 468 g/mol. The maximum Gasteiger partial charge on any atom is 0.0701 e. The molecule has 0 aromatic heterocycles. The lowest BCUT2D eigenvalue weighted by molar-refractivity contribution is -0.0250. The molecule has 0 saturated heterocycles. The maximum absolute atomic E-state index is 5.52. The van der Waals surface area contributed by atoms with E-state index in [1.807, 2.05) is 0 Å². The summed E-state index contributed by atoms with van der Waals surface area (Å²) in [6.45, 7) is 15.3. The minimum atomic E-state index is 0.543. The highest BCUT2D eigenvalue weighted by Gasteiger charge is 1.96. The molecule has 0 spiro atoms. The van der Waals surface area contributed by atoms with Crippen molar-refractivity contribution in [3.63, 3.8) is 0 Å². The van der Waals surface area contributed by atoms with Crippen LogP contribution in [-0.4, -0.2) is 119 Å². The average Bonchev–Trinajstić information content (AvgIpc) is 2.89. The van der Waals surface area contributed by atoms with Crippen LogP contribution in [0.4, 0.5) is 0 Å². The fourth-order valence-corrected chi connectivity index (χ4v) is 2.95. The van der Waals surface area contributed by atoms with Gasteiger partial charge in [0.1, 0.15) is 0 Å². The molecule has 0 aliphatic heterocycles. The molecule has 0 amide bonds. The molecule has 0 atom stereocenters. The second-order valence-corrected chi connectivity index (χ2v) is 8.28. The van der Waals surface area contributed by atoms with Crippen LogP contribution in [0.15, 0.2) is 0 Å². The topological polar surface area (TPSA) is 83.1 Å². The van der Waals surface area contributed by atoms with Gasteiger partial charge in [-0.05, 0) is 12.8 Å². The zero-order valence-electron chi connectivity index (χ0n) is 23.4. The van der Waals surface area contributed by atoms with Crippen molar-refractivity contribution in [2.24, 2.45) is 0 Å². The van der Waals surface area contributed by atoms with Crippen molar-refractivity contribution < 1.29 is 42.6 Å². The summed E-state index contributed by atoms with van der Waals surface area (Å²) in [6.07, 6.45) is 8.49. The predicted octanol–water partition coefficient (Wildman–Crippen LogP) is 3.91. The minimum absolute atomic E-state index is 0.543. The van der Waals surface area contributed by atoms with Crippen molar-refractivity contribution in [1.82, 2.24) is 0 Å². The zero-order valence-corrected chi connectivity index (χ0v) is 23.4. The van der Waals surface area contributed by atoms with Crippen molar-refractivity contribution >= 4 is 0 Å². The van der Waals surface area contributed by atoms with Gasteiger partial charge in [0.15, 0.2) is 0 Å². The Kier molecular flexibility index (Phi) is 34.3. The second kappa shape index (κ2) is 34.6. The van der Waals surface area contributed by atoms with E-state index < -0.39 is 0 Å². The van der Waals surface area contributed by atoms with Crippen molar-refractivity contribution in [3.8, 4) is 0 Å². The Morgan fingerprint density at radius 3 is 0.667 bits per heavy atom. The van der Waals surface area contributed by atoms with Gasteiger partial charge in [-0.3, -0.25) is 0 Å². The van der Waals surface area contributed by atoms with Crippen molar-refractivity contribution in [3.05, 3.63) is 0 Å². The first kappa shape index (κ1) is 35.6. The molecule has 0 radical (unpaired) electrons. The third-order valence-electron chi connectivity index (χ3n) is 5.01. The molecule has 0 aliphatic rings. The number of unbranched alkanes of at least 4 members (excludes halogenated alkanes) is 5. The van der Waals surface area contributed by atoms with Crippen LogP contribution in [0.2, 0.25) is 0 Å². The third kappa shape index (κ3) is 33.6. The molecule has 9 nitrogen and oxygen atoms in total. The fourth-order valence-electron chi connectivity index (χ4n) is 2.95. The van der Waals surface area contributed by atoms with Gasteiger partial charge in [-0.1, -0.05) is 46.0 Å². The highest BCUT2D eigenvalue weighted by atomic mass is 16.6. The van der Waals surface area contributed by atoms with Crippen molar-refractivity contribution in [1.29, 1.82) is 0 Å². The van der Waals surface area contributed by atoms with Gasteiger partial charge in [0.25, 0.3) is 0 Å². The predicted molar refractivity (Wildman–Crippen MR) is 141 cm³/mol. The van der Waals surface area contributed by atoms with E-state index in [1.165, 1.54) is 32.1 Å². The van der Waals surface area contributed by atoms with E-state index in [1.54, 1.807) is 0 Å². The highest BCUT2D eigenvalue weighted by molar-refractivity contribution is 4.41. The SMILES string of the molecule is CCCCCCOCCOCCOCCOCCOCCOCCOCCOCCOCCCCC. The third-order valence-corrected chi connectivity index (χ3v) is 5.01. The van der Waals surface area contributed by atoms with Gasteiger partial charge < -0.3 is 42.6 Å².